The predicted molar refractivity (Wildman–Crippen MR) is 61.5 cm³/mol. The predicted octanol–water partition coefficient (Wildman–Crippen LogP) is 2.46. The van der Waals surface area contributed by atoms with Gasteiger partial charge in [0.2, 0.25) is 5.91 Å². The van der Waals surface area contributed by atoms with Crippen molar-refractivity contribution in [3.8, 4) is 0 Å². The third-order valence-corrected chi connectivity index (χ3v) is 2.78. The molecule has 1 aromatic carbocycles. The van der Waals surface area contributed by atoms with E-state index in [0.717, 1.165) is 4.90 Å². The highest BCUT2D eigenvalue weighted by Gasteiger charge is 2.18. The minimum Gasteiger partial charge on any atom is -0.282 e. The summed E-state index contributed by atoms with van der Waals surface area (Å²) in [5.74, 6) is -0.468. The summed E-state index contributed by atoms with van der Waals surface area (Å²) in [6.45, 7) is 1.73. The van der Waals surface area contributed by atoms with Gasteiger partial charge in [0.05, 0.1) is 5.56 Å². The van der Waals surface area contributed by atoms with Crippen LogP contribution >= 0.6 is 15.9 Å². The van der Waals surface area contributed by atoms with Crippen LogP contribution in [0.1, 0.15) is 23.7 Å². The maximum absolute atomic E-state index is 11.8. The minimum absolute atomic E-state index is 0.184. The van der Waals surface area contributed by atoms with E-state index >= 15 is 0 Å². The Kier molecular flexibility index (Phi) is 4.03. The maximum atomic E-state index is 11.8. The highest BCUT2D eigenvalue weighted by molar-refractivity contribution is 9.10. The Balaban J connectivity index is 2.95. The molecule has 0 aromatic heterocycles. The summed E-state index contributed by atoms with van der Waals surface area (Å²) in [5, 5.41) is 0. The van der Waals surface area contributed by atoms with Gasteiger partial charge >= 0.3 is 0 Å². The summed E-state index contributed by atoms with van der Waals surface area (Å²) in [6.07, 6.45) is 0.326. The van der Waals surface area contributed by atoms with E-state index in [9.17, 15) is 9.59 Å². The third kappa shape index (κ3) is 2.65. The van der Waals surface area contributed by atoms with Crippen molar-refractivity contribution in [1.82, 2.24) is 4.90 Å². The van der Waals surface area contributed by atoms with Crippen molar-refractivity contribution >= 4 is 27.7 Å². The van der Waals surface area contributed by atoms with Gasteiger partial charge in [-0.05, 0) is 28.1 Å². The van der Waals surface area contributed by atoms with Crippen molar-refractivity contribution in [3.63, 3.8) is 0 Å². The quantitative estimate of drug-likeness (QED) is 0.827. The van der Waals surface area contributed by atoms with Crippen LogP contribution in [0.3, 0.4) is 0 Å². The Morgan fingerprint density at radius 3 is 2.47 bits per heavy atom. The molecule has 2 amide bonds. The summed E-state index contributed by atoms with van der Waals surface area (Å²) in [7, 11) is 1.49. The molecule has 0 spiro atoms. The van der Waals surface area contributed by atoms with Crippen LogP contribution in [0.2, 0.25) is 0 Å². The first-order valence-corrected chi connectivity index (χ1v) is 5.42. The van der Waals surface area contributed by atoms with Gasteiger partial charge in [0.1, 0.15) is 0 Å². The van der Waals surface area contributed by atoms with Crippen molar-refractivity contribution < 1.29 is 9.59 Å². The lowest BCUT2D eigenvalue weighted by Gasteiger charge is -2.14. The van der Waals surface area contributed by atoms with Crippen molar-refractivity contribution in [2.75, 3.05) is 7.05 Å². The number of carbonyl (C=O) groups excluding carboxylic acids is 2. The molecule has 4 heteroatoms. The largest absolute Gasteiger partial charge is 0.282 e. The summed E-state index contributed by atoms with van der Waals surface area (Å²) in [4.78, 5) is 24.3. The van der Waals surface area contributed by atoms with Gasteiger partial charge in [-0.3, -0.25) is 14.5 Å². The second kappa shape index (κ2) is 5.07. The molecule has 0 bridgehead atoms. The van der Waals surface area contributed by atoms with Crippen LogP contribution in [-0.2, 0) is 4.79 Å². The van der Waals surface area contributed by atoms with Gasteiger partial charge in [-0.15, -0.1) is 0 Å². The fraction of sp³-hybridized carbons (Fsp3) is 0.273. The van der Waals surface area contributed by atoms with Crippen LogP contribution in [0.25, 0.3) is 0 Å². The van der Waals surface area contributed by atoms with Gasteiger partial charge in [0.15, 0.2) is 0 Å². The van der Waals surface area contributed by atoms with Crippen molar-refractivity contribution in [3.05, 3.63) is 34.3 Å². The van der Waals surface area contributed by atoms with Crippen molar-refractivity contribution in [1.29, 1.82) is 0 Å². The number of nitrogens with zero attached hydrogens (tertiary/aromatic N) is 1. The molecule has 15 heavy (non-hydrogen) atoms. The molecule has 0 aliphatic rings. The van der Waals surface area contributed by atoms with Crippen LogP contribution in [0.5, 0.6) is 0 Å². The Morgan fingerprint density at radius 2 is 1.93 bits per heavy atom. The Hall–Kier alpha value is -1.16. The lowest BCUT2D eigenvalue weighted by molar-refractivity contribution is -0.127. The summed E-state index contributed by atoms with van der Waals surface area (Å²) >= 11 is 3.28. The van der Waals surface area contributed by atoms with E-state index < -0.39 is 0 Å². The summed E-state index contributed by atoms with van der Waals surface area (Å²) < 4.78 is 0.700. The molecule has 0 unspecified atom stereocenters. The first-order chi connectivity index (χ1) is 7.07. The first-order valence-electron chi connectivity index (χ1n) is 4.63. The highest BCUT2D eigenvalue weighted by Crippen LogP contribution is 2.17. The highest BCUT2D eigenvalue weighted by atomic mass is 79.9. The monoisotopic (exact) mass is 269 g/mol. The fourth-order valence-corrected chi connectivity index (χ4v) is 1.62. The molecule has 1 aromatic rings. The van der Waals surface area contributed by atoms with Gasteiger partial charge in [0, 0.05) is 17.9 Å². The second-order valence-electron chi connectivity index (χ2n) is 3.09. The average Bonchev–Trinajstić information content (AvgIpc) is 2.26. The van der Waals surface area contributed by atoms with E-state index in [2.05, 4.69) is 15.9 Å². The Morgan fingerprint density at radius 1 is 1.33 bits per heavy atom. The van der Waals surface area contributed by atoms with Crippen LogP contribution in [-0.4, -0.2) is 23.8 Å². The number of carbonyl (C=O) groups is 2. The first kappa shape index (κ1) is 11.9. The van der Waals surface area contributed by atoms with Gasteiger partial charge in [-0.2, -0.15) is 0 Å². The molecule has 0 fully saturated rings. The lowest BCUT2D eigenvalue weighted by Crippen LogP contribution is -2.32. The normalized spacial score (nSPS) is 9.80. The molecular formula is C11H12BrNO2. The van der Waals surface area contributed by atoms with Gasteiger partial charge < -0.3 is 0 Å². The Bertz CT molecular complexity index is 390. The lowest BCUT2D eigenvalue weighted by atomic mass is 10.2. The molecule has 0 radical (unpaired) electrons. The molecule has 0 atom stereocenters. The SMILES string of the molecule is CCC(=O)N(C)C(=O)c1ccccc1Br. The zero-order valence-corrected chi connectivity index (χ0v) is 10.2. The molecule has 0 aliphatic carbocycles. The molecule has 0 heterocycles. The van der Waals surface area contributed by atoms with Crippen LogP contribution in [0.15, 0.2) is 28.7 Å². The second-order valence-corrected chi connectivity index (χ2v) is 3.95. The fourth-order valence-electron chi connectivity index (χ4n) is 1.17. The van der Waals surface area contributed by atoms with E-state index in [0.29, 0.717) is 16.5 Å². The van der Waals surface area contributed by atoms with Crippen LogP contribution in [0, 0.1) is 0 Å². The molecule has 0 N–H and O–H groups in total. The number of rotatable bonds is 2. The van der Waals surface area contributed by atoms with Crippen molar-refractivity contribution in [2.45, 2.75) is 13.3 Å². The average molecular weight is 270 g/mol. The van der Waals surface area contributed by atoms with E-state index in [4.69, 9.17) is 0 Å². The molecule has 0 saturated carbocycles. The maximum Gasteiger partial charge on any atom is 0.261 e. The molecule has 3 nitrogen and oxygen atoms in total. The third-order valence-electron chi connectivity index (χ3n) is 2.09. The van der Waals surface area contributed by atoms with Crippen LogP contribution < -0.4 is 0 Å². The number of amides is 2. The van der Waals surface area contributed by atoms with Gasteiger partial charge in [0.25, 0.3) is 5.91 Å². The number of halogens is 1. The Labute approximate surface area is 97.2 Å². The van der Waals surface area contributed by atoms with E-state index in [1.54, 1.807) is 25.1 Å². The zero-order valence-electron chi connectivity index (χ0n) is 8.66. The van der Waals surface area contributed by atoms with Crippen molar-refractivity contribution in [2.24, 2.45) is 0 Å². The molecule has 80 valence electrons. The summed E-state index contributed by atoms with van der Waals surface area (Å²) in [5.41, 5.74) is 0.502. The molecular weight excluding hydrogens is 258 g/mol. The smallest absolute Gasteiger partial charge is 0.261 e. The minimum atomic E-state index is -0.283. The summed E-state index contributed by atoms with van der Waals surface area (Å²) in [6, 6.07) is 7.05. The molecule has 0 saturated heterocycles. The van der Waals surface area contributed by atoms with Gasteiger partial charge in [-0.1, -0.05) is 19.1 Å². The number of benzene rings is 1. The molecule has 1 rings (SSSR count). The van der Waals surface area contributed by atoms with Gasteiger partial charge in [-0.25, -0.2) is 0 Å². The topological polar surface area (TPSA) is 37.4 Å². The number of hydrogen-bond acceptors (Lipinski definition) is 2. The van der Waals surface area contributed by atoms with E-state index in [1.165, 1.54) is 7.05 Å². The van der Waals surface area contributed by atoms with Crippen LogP contribution in [0.4, 0.5) is 0 Å². The number of hydrogen-bond donors (Lipinski definition) is 0. The van der Waals surface area contributed by atoms with E-state index in [1.807, 2.05) is 6.07 Å². The molecule has 0 aliphatic heterocycles. The zero-order chi connectivity index (χ0) is 11.4. The standard InChI is InChI=1S/C11H12BrNO2/c1-3-10(14)13(2)11(15)8-6-4-5-7-9(8)12/h4-7H,3H2,1-2H3. The number of imide groups is 1. The van der Waals surface area contributed by atoms with E-state index in [-0.39, 0.29) is 11.8 Å².